The molecule has 4 rings (SSSR count). The number of thiophene rings is 1. The molecule has 1 aromatic carbocycles. The first-order chi connectivity index (χ1) is 12.6. The fourth-order valence-corrected chi connectivity index (χ4v) is 4.88. The van der Waals surface area contributed by atoms with Gasteiger partial charge in [-0.25, -0.2) is 4.39 Å². The Bertz CT molecular complexity index is 825. The van der Waals surface area contributed by atoms with E-state index >= 15 is 0 Å². The van der Waals surface area contributed by atoms with Crippen LogP contribution < -0.4 is 5.32 Å². The normalized spacial score (nSPS) is 19.3. The molecule has 1 aromatic heterocycles. The van der Waals surface area contributed by atoms with Crippen LogP contribution in [0, 0.1) is 11.7 Å². The molecule has 136 valence electrons. The molecule has 0 radical (unpaired) electrons. The molecular formula is C20H21FN2O2S. The van der Waals surface area contributed by atoms with E-state index < -0.39 is 0 Å². The first-order valence-corrected chi connectivity index (χ1v) is 9.89. The number of halogens is 1. The zero-order valence-electron chi connectivity index (χ0n) is 14.5. The van der Waals surface area contributed by atoms with Gasteiger partial charge in [-0.05, 0) is 68.0 Å². The van der Waals surface area contributed by atoms with Gasteiger partial charge in [-0.1, -0.05) is 0 Å². The zero-order valence-corrected chi connectivity index (χ0v) is 15.3. The van der Waals surface area contributed by atoms with E-state index in [2.05, 4.69) is 5.32 Å². The largest absolute Gasteiger partial charge is 0.338 e. The number of hydrogen-bond donors (Lipinski definition) is 1. The lowest BCUT2D eigenvalue weighted by atomic mass is 9.87. The number of rotatable bonds is 3. The van der Waals surface area contributed by atoms with Gasteiger partial charge in [0.1, 0.15) is 5.82 Å². The molecule has 0 saturated carbocycles. The average Bonchev–Trinajstić information content (AvgIpc) is 3.32. The molecule has 0 unspecified atom stereocenters. The Labute approximate surface area is 156 Å². The van der Waals surface area contributed by atoms with Gasteiger partial charge in [-0.15, -0.1) is 11.3 Å². The fourth-order valence-electron chi connectivity index (χ4n) is 3.71. The molecule has 1 aliphatic carbocycles. The number of amides is 2. The topological polar surface area (TPSA) is 49.4 Å². The third kappa shape index (κ3) is 3.51. The van der Waals surface area contributed by atoms with Crippen LogP contribution in [0.25, 0.3) is 0 Å². The lowest BCUT2D eigenvalue weighted by Crippen LogP contribution is -2.27. The third-order valence-corrected chi connectivity index (χ3v) is 6.39. The van der Waals surface area contributed by atoms with Crippen LogP contribution in [0.5, 0.6) is 0 Å². The number of benzene rings is 1. The van der Waals surface area contributed by atoms with E-state index in [9.17, 15) is 14.0 Å². The Balaban J connectivity index is 1.43. The van der Waals surface area contributed by atoms with Crippen LogP contribution in [-0.4, -0.2) is 29.8 Å². The van der Waals surface area contributed by atoms with Crippen LogP contribution in [-0.2, 0) is 17.6 Å². The number of anilines is 1. The third-order valence-electron chi connectivity index (χ3n) is 5.17. The van der Waals surface area contributed by atoms with Crippen LogP contribution in [0.1, 0.15) is 39.4 Å². The highest BCUT2D eigenvalue weighted by Crippen LogP contribution is 2.34. The van der Waals surface area contributed by atoms with E-state index in [1.54, 1.807) is 23.5 Å². The summed E-state index contributed by atoms with van der Waals surface area (Å²) < 4.78 is 13.0. The number of nitrogens with zero attached hydrogens (tertiary/aromatic N) is 1. The van der Waals surface area contributed by atoms with Crippen LogP contribution in [0.15, 0.2) is 30.3 Å². The summed E-state index contributed by atoms with van der Waals surface area (Å²) in [6, 6.07) is 7.79. The molecule has 2 aliphatic rings. The van der Waals surface area contributed by atoms with Crippen molar-refractivity contribution in [2.24, 2.45) is 5.92 Å². The Hall–Kier alpha value is -2.21. The number of carbonyl (C=O) groups is 2. The van der Waals surface area contributed by atoms with Gasteiger partial charge in [0.05, 0.1) is 4.88 Å². The second-order valence-corrected chi connectivity index (χ2v) is 8.13. The van der Waals surface area contributed by atoms with E-state index in [1.807, 2.05) is 11.0 Å². The van der Waals surface area contributed by atoms with Crippen molar-refractivity contribution in [1.82, 2.24) is 4.90 Å². The second-order valence-electron chi connectivity index (χ2n) is 6.99. The zero-order chi connectivity index (χ0) is 18.1. The SMILES string of the molecule is O=C(Nc1ccc(F)cc1)[C@H]1CCc2sc(C(=O)N3CCCC3)cc2C1. The monoisotopic (exact) mass is 372 g/mol. The van der Waals surface area contributed by atoms with E-state index in [1.165, 1.54) is 17.0 Å². The molecule has 2 amide bonds. The number of fused-ring (bicyclic) bond motifs is 1. The van der Waals surface area contributed by atoms with Crippen molar-refractivity contribution in [2.45, 2.75) is 32.1 Å². The highest BCUT2D eigenvalue weighted by molar-refractivity contribution is 7.14. The Morgan fingerprint density at radius 1 is 1.15 bits per heavy atom. The smallest absolute Gasteiger partial charge is 0.263 e. The molecule has 0 spiro atoms. The van der Waals surface area contributed by atoms with Crippen molar-refractivity contribution < 1.29 is 14.0 Å². The standard InChI is InChI=1S/C20H21FN2O2S/c21-15-4-6-16(7-5-15)22-19(24)13-3-8-17-14(11-13)12-18(26-17)20(25)23-9-1-2-10-23/h4-7,12-13H,1-3,8-11H2,(H,22,24)/t13-/m0/s1. The Morgan fingerprint density at radius 3 is 2.62 bits per heavy atom. The van der Waals surface area contributed by atoms with Gasteiger partial charge in [0, 0.05) is 29.6 Å². The van der Waals surface area contributed by atoms with Gasteiger partial charge in [0.15, 0.2) is 0 Å². The van der Waals surface area contributed by atoms with E-state index in [0.717, 1.165) is 49.2 Å². The van der Waals surface area contributed by atoms with Crippen LogP contribution >= 0.6 is 11.3 Å². The molecule has 26 heavy (non-hydrogen) atoms. The number of likely N-dealkylation sites (tertiary alicyclic amines) is 1. The summed E-state index contributed by atoms with van der Waals surface area (Å²) in [6.45, 7) is 1.70. The lowest BCUT2D eigenvalue weighted by Gasteiger charge is -2.21. The van der Waals surface area contributed by atoms with Crippen molar-refractivity contribution >= 4 is 28.8 Å². The van der Waals surface area contributed by atoms with Crippen LogP contribution in [0.4, 0.5) is 10.1 Å². The maximum Gasteiger partial charge on any atom is 0.263 e. The first-order valence-electron chi connectivity index (χ1n) is 9.07. The molecular weight excluding hydrogens is 351 g/mol. The first kappa shape index (κ1) is 17.2. The van der Waals surface area contributed by atoms with Crippen molar-refractivity contribution in [2.75, 3.05) is 18.4 Å². The second kappa shape index (κ2) is 7.19. The predicted octanol–water partition coefficient (Wildman–Crippen LogP) is 3.87. The molecule has 6 heteroatoms. The summed E-state index contributed by atoms with van der Waals surface area (Å²) in [6.07, 6.45) is 4.43. The average molecular weight is 372 g/mol. The number of hydrogen-bond acceptors (Lipinski definition) is 3. The quantitative estimate of drug-likeness (QED) is 0.889. The van der Waals surface area contributed by atoms with Crippen LogP contribution in [0.3, 0.4) is 0 Å². The number of carbonyl (C=O) groups excluding carboxylic acids is 2. The van der Waals surface area contributed by atoms with Crippen molar-refractivity contribution in [3.05, 3.63) is 51.5 Å². The number of aryl methyl sites for hydroxylation is 1. The molecule has 2 aromatic rings. The van der Waals surface area contributed by atoms with Gasteiger partial charge in [0.2, 0.25) is 5.91 Å². The molecule has 0 bridgehead atoms. The lowest BCUT2D eigenvalue weighted by molar-refractivity contribution is -0.120. The van der Waals surface area contributed by atoms with E-state index in [0.29, 0.717) is 12.1 Å². The molecule has 2 heterocycles. The minimum Gasteiger partial charge on any atom is -0.338 e. The Morgan fingerprint density at radius 2 is 1.88 bits per heavy atom. The minimum atomic E-state index is -0.321. The van der Waals surface area contributed by atoms with E-state index in [-0.39, 0.29) is 23.5 Å². The molecule has 4 nitrogen and oxygen atoms in total. The maximum atomic E-state index is 13.0. The van der Waals surface area contributed by atoms with Gasteiger partial charge < -0.3 is 10.2 Å². The fraction of sp³-hybridized carbons (Fsp3) is 0.400. The summed E-state index contributed by atoms with van der Waals surface area (Å²) in [5.41, 5.74) is 1.74. The highest BCUT2D eigenvalue weighted by atomic mass is 32.1. The summed E-state index contributed by atoms with van der Waals surface area (Å²) in [5.74, 6) is -0.342. The van der Waals surface area contributed by atoms with Gasteiger partial charge in [0.25, 0.3) is 5.91 Å². The minimum absolute atomic E-state index is 0.0409. The van der Waals surface area contributed by atoms with Gasteiger partial charge in [-0.3, -0.25) is 9.59 Å². The molecule has 1 fully saturated rings. The molecule has 1 aliphatic heterocycles. The predicted molar refractivity (Wildman–Crippen MR) is 100 cm³/mol. The summed E-state index contributed by atoms with van der Waals surface area (Å²) in [5, 5.41) is 2.87. The summed E-state index contributed by atoms with van der Waals surface area (Å²) in [7, 11) is 0. The highest BCUT2D eigenvalue weighted by Gasteiger charge is 2.29. The van der Waals surface area contributed by atoms with Crippen LogP contribution in [0.2, 0.25) is 0 Å². The number of nitrogens with one attached hydrogen (secondary N) is 1. The molecule has 1 N–H and O–H groups in total. The van der Waals surface area contributed by atoms with Crippen molar-refractivity contribution in [1.29, 1.82) is 0 Å². The summed E-state index contributed by atoms with van der Waals surface area (Å²) in [4.78, 5) is 29.1. The summed E-state index contributed by atoms with van der Waals surface area (Å²) >= 11 is 1.59. The van der Waals surface area contributed by atoms with E-state index in [4.69, 9.17) is 0 Å². The maximum absolute atomic E-state index is 13.0. The Kier molecular flexibility index (Phi) is 4.76. The van der Waals surface area contributed by atoms with Gasteiger partial charge in [-0.2, -0.15) is 0 Å². The molecule has 1 saturated heterocycles. The van der Waals surface area contributed by atoms with Crippen molar-refractivity contribution in [3.63, 3.8) is 0 Å². The molecule has 1 atom stereocenters. The van der Waals surface area contributed by atoms with Gasteiger partial charge >= 0.3 is 0 Å². The van der Waals surface area contributed by atoms with Crippen molar-refractivity contribution in [3.8, 4) is 0 Å².